The number of nitrogens with one attached hydrogen (secondary N) is 1. The van der Waals surface area contributed by atoms with Crippen LogP contribution in [-0.4, -0.2) is 47.0 Å². The van der Waals surface area contributed by atoms with E-state index in [4.69, 9.17) is 21.3 Å². The number of amides is 2. The number of carbonyl (C=O) groups is 3. The lowest BCUT2D eigenvalue weighted by molar-refractivity contribution is 0.0961. The van der Waals surface area contributed by atoms with Crippen molar-refractivity contribution in [2.75, 3.05) is 19.9 Å². The van der Waals surface area contributed by atoms with E-state index in [0.29, 0.717) is 21.6 Å². The van der Waals surface area contributed by atoms with Crippen LogP contribution in [0, 0.1) is 11.8 Å². The number of carboxylic acid groups (broad SMARTS) is 1. The van der Waals surface area contributed by atoms with E-state index >= 15 is 0 Å². The number of primary amides is 1. The van der Waals surface area contributed by atoms with Crippen LogP contribution in [0.1, 0.15) is 32.0 Å². The number of benzene rings is 1. The molecule has 6 N–H and O–H groups in total. The Morgan fingerprint density at radius 1 is 1.27 bits per heavy atom. The van der Waals surface area contributed by atoms with E-state index in [9.17, 15) is 14.4 Å². The Morgan fingerprint density at radius 3 is 2.50 bits per heavy atom. The van der Waals surface area contributed by atoms with Crippen molar-refractivity contribution in [2.24, 2.45) is 5.73 Å². The zero-order valence-corrected chi connectivity index (χ0v) is 13.9. The highest BCUT2D eigenvalue weighted by Gasteiger charge is 2.22. The summed E-state index contributed by atoms with van der Waals surface area (Å²) < 4.78 is 5.53. The second kappa shape index (κ2) is 7.27. The highest BCUT2D eigenvalue weighted by molar-refractivity contribution is 6.00. The van der Waals surface area contributed by atoms with Crippen molar-refractivity contribution < 1.29 is 24.2 Å². The second-order valence-corrected chi connectivity index (χ2v) is 4.95. The molecule has 0 aliphatic heterocycles. The topological polar surface area (TPSA) is 163 Å². The molecule has 2 rings (SSSR count). The van der Waals surface area contributed by atoms with Crippen molar-refractivity contribution in [1.82, 2.24) is 15.1 Å². The summed E-state index contributed by atoms with van der Waals surface area (Å²) in [4.78, 5) is 34.4. The molecular formula is C16H15N5O5. The second-order valence-electron chi connectivity index (χ2n) is 4.95. The Labute approximate surface area is 147 Å². The summed E-state index contributed by atoms with van der Waals surface area (Å²) in [6.45, 7) is 0. The van der Waals surface area contributed by atoms with Gasteiger partial charge in [-0.3, -0.25) is 9.59 Å². The van der Waals surface area contributed by atoms with Gasteiger partial charge in [0.1, 0.15) is 17.1 Å². The fourth-order valence-electron chi connectivity index (χ4n) is 2.10. The molecule has 0 saturated carbocycles. The number of methoxy groups -OCH3 is 1. The van der Waals surface area contributed by atoms with Gasteiger partial charge < -0.3 is 26.6 Å². The van der Waals surface area contributed by atoms with Crippen LogP contribution < -0.4 is 21.5 Å². The number of carbonyl (C=O) groups excluding carboxylic acids is 2. The van der Waals surface area contributed by atoms with Gasteiger partial charge in [0, 0.05) is 18.2 Å². The molecule has 10 heteroatoms. The third kappa shape index (κ3) is 3.57. The number of ether oxygens (including phenoxy) is 1. The maximum atomic E-state index is 11.8. The molecule has 0 radical (unpaired) electrons. The molecule has 134 valence electrons. The van der Waals surface area contributed by atoms with Crippen LogP contribution in [0.3, 0.4) is 0 Å². The maximum absolute atomic E-state index is 11.8. The van der Waals surface area contributed by atoms with Gasteiger partial charge in [0.25, 0.3) is 11.8 Å². The first-order valence-corrected chi connectivity index (χ1v) is 7.13. The van der Waals surface area contributed by atoms with E-state index in [-0.39, 0.29) is 17.2 Å². The largest absolute Gasteiger partial charge is 0.497 e. The molecule has 0 atom stereocenters. The zero-order valence-electron chi connectivity index (χ0n) is 13.9. The predicted molar refractivity (Wildman–Crippen MR) is 90.9 cm³/mol. The summed E-state index contributed by atoms with van der Waals surface area (Å²) in [5.41, 5.74) is 11.0. The van der Waals surface area contributed by atoms with Crippen molar-refractivity contribution in [3.63, 3.8) is 0 Å². The number of rotatable bonds is 3. The third-order valence-electron chi connectivity index (χ3n) is 3.31. The Hall–Kier alpha value is -4.00. The first-order chi connectivity index (χ1) is 12.3. The molecule has 1 aromatic carbocycles. The highest BCUT2D eigenvalue weighted by atomic mass is 16.5. The number of nitrogens with two attached hydrogens (primary N) is 2. The fraction of sp³-hybridized carbons (Fsp3) is 0.125. The summed E-state index contributed by atoms with van der Waals surface area (Å²) in [5, 5.41) is 15.2. The number of hydrogen-bond acceptors (Lipinski definition) is 6. The summed E-state index contributed by atoms with van der Waals surface area (Å²) in [6, 6.07) is 4.58. The summed E-state index contributed by atoms with van der Waals surface area (Å²) >= 11 is 0. The normalized spacial score (nSPS) is 9.77. The first-order valence-electron chi connectivity index (χ1n) is 7.13. The maximum Gasteiger partial charge on any atom is 0.434 e. The highest BCUT2D eigenvalue weighted by Crippen LogP contribution is 2.18. The average molecular weight is 357 g/mol. The quantitative estimate of drug-likeness (QED) is 0.555. The fourth-order valence-corrected chi connectivity index (χ4v) is 2.10. The molecule has 1 heterocycles. The molecule has 2 amide bonds. The smallest absolute Gasteiger partial charge is 0.434 e. The molecule has 0 spiro atoms. The molecule has 26 heavy (non-hydrogen) atoms. The SMILES string of the molecule is CNC(=O)c1cc(C#Cc2nn(C(=O)O)c(N)c2C(N)=O)cc(OC)c1. The molecule has 0 aliphatic rings. The monoisotopic (exact) mass is 357 g/mol. The zero-order chi connectivity index (χ0) is 19.4. The Morgan fingerprint density at radius 2 is 1.96 bits per heavy atom. The van der Waals surface area contributed by atoms with Gasteiger partial charge in [-0.1, -0.05) is 5.92 Å². The minimum atomic E-state index is -1.48. The predicted octanol–water partition coefficient (Wildman–Crippen LogP) is -0.142. The molecule has 0 bridgehead atoms. The average Bonchev–Trinajstić information content (AvgIpc) is 2.95. The summed E-state index contributed by atoms with van der Waals surface area (Å²) in [6.07, 6.45) is -1.48. The Bertz CT molecular complexity index is 967. The molecule has 0 saturated heterocycles. The van der Waals surface area contributed by atoms with Crippen molar-refractivity contribution in [1.29, 1.82) is 0 Å². The number of aromatic nitrogens is 2. The molecular weight excluding hydrogens is 342 g/mol. The van der Waals surface area contributed by atoms with Crippen LogP contribution in [0.25, 0.3) is 0 Å². The molecule has 0 fully saturated rings. The lowest BCUT2D eigenvalue weighted by atomic mass is 10.1. The standard InChI is InChI=1S/C16H15N5O5/c1-19-15(23)9-5-8(6-10(7-9)26-2)3-4-11-12(14(18)22)13(17)21(20-11)16(24)25/h5-7H,17H2,1-2H3,(H2,18,22)(H,19,23)(H,24,25). The van der Waals surface area contributed by atoms with Crippen LogP contribution in [0.2, 0.25) is 0 Å². The summed E-state index contributed by atoms with van der Waals surface area (Å²) in [5.74, 6) is 3.90. The number of anilines is 1. The van der Waals surface area contributed by atoms with Gasteiger partial charge in [0.15, 0.2) is 5.69 Å². The van der Waals surface area contributed by atoms with Crippen molar-refractivity contribution >= 4 is 23.7 Å². The van der Waals surface area contributed by atoms with Gasteiger partial charge in [-0.25, -0.2) is 4.79 Å². The number of hydrogen-bond donors (Lipinski definition) is 4. The summed E-state index contributed by atoms with van der Waals surface area (Å²) in [7, 11) is 2.91. The van der Waals surface area contributed by atoms with Gasteiger partial charge in [0.2, 0.25) is 0 Å². The van der Waals surface area contributed by atoms with Crippen LogP contribution >= 0.6 is 0 Å². The van der Waals surface area contributed by atoms with Gasteiger partial charge in [0.05, 0.1) is 7.11 Å². The van der Waals surface area contributed by atoms with Crippen LogP contribution in [0.15, 0.2) is 18.2 Å². The molecule has 10 nitrogen and oxygen atoms in total. The van der Waals surface area contributed by atoms with Crippen molar-refractivity contribution in [3.05, 3.63) is 40.6 Å². The first kappa shape index (κ1) is 18.3. The Kier molecular flexibility index (Phi) is 5.13. The molecule has 0 unspecified atom stereocenters. The lowest BCUT2D eigenvalue weighted by Crippen LogP contribution is -2.17. The molecule has 2 aromatic rings. The van der Waals surface area contributed by atoms with Crippen LogP contribution in [-0.2, 0) is 0 Å². The minimum absolute atomic E-state index is 0.193. The van der Waals surface area contributed by atoms with Gasteiger partial charge in [-0.05, 0) is 24.1 Å². The van der Waals surface area contributed by atoms with E-state index in [1.54, 1.807) is 6.07 Å². The number of nitrogens with zero attached hydrogens (tertiary/aromatic N) is 2. The van der Waals surface area contributed by atoms with E-state index in [2.05, 4.69) is 22.3 Å². The van der Waals surface area contributed by atoms with Gasteiger partial charge >= 0.3 is 6.09 Å². The molecule has 1 aromatic heterocycles. The lowest BCUT2D eigenvalue weighted by Gasteiger charge is -2.04. The van der Waals surface area contributed by atoms with Crippen LogP contribution in [0.4, 0.5) is 10.6 Å². The van der Waals surface area contributed by atoms with Crippen LogP contribution in [0.5, 0.6) is 5.75 Å². The van der Waals surface area contributed by atoms with Crippen molar-refractivity contribution in [2.45, 2.75) is 0 Å². The third-order valence-corrected chi connectivity index (χ3v) is 3.31. The van der Waals surface area contributed by atoms with Gasteiger partial charge in [-0.15, -0.1) is 4.68 Å². The van der Waals surface area contributed by atoms with Crippen molar-refractivity contribution in [3.8, 4) is 17.6 Å². The van der Waals surface area contributed by atoms with E-state index in [0.717, 1.165) is 0 Å². The molecule has 0 aliphatic carbocycles. The minimum Gasteiger partial charge on any atom is -0.497 e. The van der Waals surface area contributed by atoms with Gasteiger partial charge in [-0.2, -0.15) is 5.10 Å². The Balaban J connectivity index is 2.56. The van der Waals surface area contributed by atoms with E-state index in [1.807, 2.05) is 0 Å². The van der Waals surface area contributed by atoms with E-state index in [1.165, 1.54) is 26.3 Å². The number of nitrogen functional groups attached to an aromatic ring is 1. The van der Waals surface area contributed by atoms with E-state index < -0.39 is 17.8 Å².